The van der Waals surface area contributed by atoms with Crippen molar-refractivity contribution in [3.63, 3.8) is 0 Å². The van der Waals surface area contributed by atoms with E-state index in [1.54, 1.807) is 0 Å². The third kappa shape index (κ3) is 2.40. The fourth-order valence-electron chi connectivity index (χ4n) is 3.00. The number of nitrogens with zero attached hydrogens (tertiary/aromatic N) is 1. The minimum Gasteiger partial charge on any atom is -0.647 e. The molecule has 0 N–H and O–H groups in total. The summed E-state index contributed by atoms with van der Waals surface area (Å²) in [5.74, 6) is 1.54. The molecule has 1 heterocycles. The van der Waals surface area contributed by atoms with Crippen LogP contribution in [-0.4, -0.2) is 11.4 Å². The van der Waals surface area contributed by atoms with E-state index in [4.69, 9.17) is 0 Å². The van der Waals surface area contributed by atoms with Gasteiger partial charge in [-0.3, -0.25) is 0 Å². The summed E-state index contributed by atoms with van der Waals surface area (Å²) < 4.78 is 0. The van der Waals surface area contributed by atoms with E-state index < -0.39 is 0 Å². The van der Waals surface area contributed by atoms with Crippen LogP contribution in [0.2, 0.25) is 0 Å². The molecule has 2 nitrogen and oxygen atoms in total. The molecule has 0 aromatic carbocycles. The van der Waals surface area contributed by atoms with E-state index in [-0.39, 0.29) is 65.2 Å². The number of β-lactam (4-membered cyclic amide) rings is 1. The van der Waals surface area contributed by atoms with E-state index in [1.807, 2.05) is 0 Å². The van der Waals surface area contributed by atoms with Crippen molar-refractivity contribution >= 4 is 5.91 Å². The molecule has 0 aromatic rings. The third-order valence-electron chi connectivity index (χ3n) is 4.37. The fraction of sp³-hybridized carbons (Fsp3) is 0.750. The smallest absolute Gasteiger partial charge is 0.0506 e. The van der Waals surface area contributed by atoms with Gasteiger partial charge < -0.3 is 10.1 Å². The zero-order valence-electron chi connectivity index (χ0n) is 10.2. The van der Waals surface area contributed by atoms with Crippen LogP contribution >= 0.6 is 0 Å². The van der Waals surface area contributed by atoms with E-state index in [2.05, 4.69) is 32.7 Å². The van der Waals surface area contributed by atoms with Crippen molar-refractivity contribution in [2.45, 2.75) is 39.2 Å². The molecule has 0 aromatic heterocycles. The summed E-state index contributed by atoms with van der Waals surface area (Å²) >= 11 is 0. The van der Waals surface area contributed by atoms with Gasteiger partial charge in [-0.1, -0.05) is 44.4 Å². The maximum absolute atomic E-state index is 11.1. The number of carbonyl (C=O) groups excluding carboxylic acids is 1. The van der Waals surface area contributed by atoms with Gasteiger partial charge in [0.1, 0.15) is 0 Å². The van der Waals surface area contributed by atoms with Gasteiger partial charge in [0.25, 0.3) is 0 Å². The summed E-state index contributed by atoms with van der Waals surface area (Å²) in [5, 5.41) is 4.28. The van der Waals surface area contributed by atoms with Crippen molar-refractivity contribution < 1.29 is 58.6 Å². The van der Waals surface area contributed by atoms with Crippen LogP contribution in [0.1, 0.15) is 33.6 Å². The monoisotopic (exact) mass is 465 g/mol. The Morgan fingerprint density at radius 2 is 1.88 bits per heavy atom. The van der Waals surface area contributed by atoms with Crippen molar-refractivity contribution in [2.24, 2.45) is 17.8 Å². The molecule has 2 fully saturated rings. The average molecular weight is 465 g/mol. The number of allylic oxidation sites excluding steroid dienone is 1. The SMILES string of the molecule is C=C1CC(C)C2(CC(=O)[N-]2)C(C)C1C.[W].[Y]. The third-order valence-corrected chi connectivity index (χ3v) is 4.37. The van der Waals surface area contributed by atoms with Crippen LogP contribution in [0.5, 0.6) is 0 Å². The van der Waals surface area contributed by atoms with E-state index in [0.29, 0.717) is 24.2 Å². The Morgan fingerprint density at radius 1 is 1.38 bits per heavy atom. The van der Waals surface area contributed by atoms with E-state index in [9.17, 15) is 4.79 Å². The maximum atomic E-state index is 11.1. The number of carbonyl (C=O) groups is 1. The van der Waals surface area contributed by atoms with Gasteiger partial charge in [0, 0.05) is 53.8 Å². The Balaban J connectivity index is 0.00000112. The first kappa shape index (κ1) is 17.0. The summed E-state index contributed by atoms with van der Waals surface area (Å²) in [6.07, 6.45) is 1.69. The van der Waals surface area contributed by atoms with E-state index in [0.717, 1.165) is 6.42 Å². The van der Waals surface area contributed by atoms with Crippen LogP contribution in [0.4, 0.5) is 0 Å². The van der Waals surface area contributed by atoms with Gasteiger partial charge in [0.15, 0.2) is 0 Å². The topological polar surface area (TPSA) is 31.2 Å². The maximum Gasteiger partial charge on any atom is 0.0506 e. The zero-order chi connectivity index (χ0) is 10.5. The summed E-state index contributed by atoms with van der Waals surface area (Å²) in [7, 11) is 0. The molecule has 1 saturated carbocycles. The van der Waals surface area contributed by atoms with Gasteiger partial charge in [-0.2, -0.15) is 0 Å². The van der Waals surface area contributed by atoms with Crippen LogP contribution in [0, 0.1) is 17.8 Å². The van der Waals surface area contributed by atoms with Crippen molar-refractivity contribution in [1.82, 2.24) is 0 Å². The van der Waals surface area contributed by atoms with Gasteiger partial charge in [-0.25, -0.2) is 0 Å². The molecule has 4 unspecified atom stereocenters. The fourth-order valence-corrected chi connectivity index (χ4v) is 3.00. The van der Waals surface area contributed by atoms with Gasteiger partial charge in [0.05, 0.1) is 5.91 Å². The summed E-state index contributed by atoms with van der Waals surface area (Å²) in [4.78, 5) is 11.1. The molecule has 1 radical (unpaired) electrons. The van der Waals surface area contributed by atoms with E-state index in [1.165, 1.54) is 5.57 Å². The predicted octanol–water partition coefficient (Wildman–Crippen LogP) is 2.89. The molecule has 16 heavy (non-hydrogen) atoms. The predicted molar refractivity (Wildman–Crippen MR) is 57.0 cm³/mol. The van der Waals surface area contributed by atoms with Crippen molar-refractivity contribution in [3.05, 3.63) is 17.5 Å². The van der Waals surface area contributed by atoms with Crippen molar-refractivity contribution in [2.75, 3.05) is 0 Å². The first-order valence-corrected chi connectivity index (χ1v) is 5.41. The standard InChI is InChI=1S/C12H19NO.W.Y/c1-7-5-8(2)12(6-11(14)13-12)10(4)9(7)3;;/h8-10H,1,5-6H2,2-4H3,(H,13,14);;/p-1. The Kier molecular flexibility index (Phi) is 6.12. The van der Waals surface area contributed by atoms with Gasteiger partial charge in [0.2, 0.25) is 0 Å². The molecule has 1 amide bonds. The molecule has 1 aliphatic heterocycles. The number of hydrogen-bond acceptors (Lipinski definition) is 1. The zero-order valence-corrected chi connectivity index (χ0v) is 16.0. The molecule has 2 aliphatic rings. The Morgan fingerprint density at radius 3 is 2.31 bits per heavy atom. The molecule has 87 valence electrons. The first-order chi connectivity index (χ1) is 6.47. The van der Waals surface area contributed by atoms with Crippen LogP contribution in [0.3, 0.4) is 0 Å². The number of hydrogen-bond donors (Lipinski definition) is 0. The summed E-state index contributed by atoms with van der Waals surface area (Å²) in [6, 6.07) is 0. The van der Waals surface area contributed by atoms with Crippen molar-refractivity contribution in [3.8, 4) is 0 Å². The summed E-state index contributed by atoms with van der Waals surface area (Å²) in [5.41, 5.74) is 1.28. The first-order valence-electron chi connectivity index (χ1n) is 5.41. The van der Waals surface area contributed by atoms with Crippen molar-refractivity contribution in [1.29, 1.82) is 0 Å². The molecular weight excluding hydrogens is 447 g/mol. The largest absolute Gasteiger partial charge is 0.647 e. The molecule has 0 bridgehead atoms. The van der Waals surface area contributed by atoms with Gasteiger partial charge >= 0.3 is 0 Å². The quantitative estimate of drug-likeness (QED) is 0.400. The molecule has 4 heteroatoms. The minimum absolute atomic E-state index is 0. The molecule has 1 aliphatic carbocycles. The van der Waals surface area contributed by atoms with E-state index >= 15 is 0 Å². The molecular formula is C12H18NOWY-. The molecule has 1 saturated heterocycles. The summed E-state index contributed by atoms with van der Waals surface area (Å²) in [6.45, 7) is 10.7. The second kappa shape index (κ2) is 5.76. The van der Waals surface area contributed by atoms with Crippen LogP contribution in [0.25, 0.3) is 5.32 Å². The Hall–Kier alpha value is 1.00. The second-order valence-corrected chi connectivity index (χ2v) is 5.01. The minimum atomic E-state index is -0.0440. The van der Waals surface area contributed by atoms with Gasteiger partial charge in [-0.15, -0.1) is 0 Å². The van der Waals surface area contributed by atoms with Gasteiger partial charge in [-0.05, 0) is 24.7 Å². The Labute approximate surface area is 138 Å². The molecule has 1 spiro atoms. The second-order valence-electron chi connectivity index (χ2n) is 5.01. The molecule has 4 atom stereocenters. The van der Waals surface area contributed by atoms with Crippen LogP contribution < -0.4 is 0 Å². The number of rotatable bonds is 0. The normalized spacial score (nSPS) is 41.6. The Bertz CT molecular complexity index is 297. The molecule has 2 rings (SSSR count). The van der Waals surface area contributed by atoms with Crippen LogP contribution in [-0.2, 0) is 58.6 Å². The average Bonchev–Trinajstić information content (AvgIpc) is 2.07. The van der Waals surface area contributed by atoms with Crippen LogP contribution in [0.15, 0.2) is 12.2 Å². The number of amides is 1.